The lowest BCUT2D eigenvalue weighted by Gasteiger charge is -2.36. The van der Waals surface area contributed by atoms with Crippen molar-refractivity contribution >= 4 is 16.8 Å². The third-order valence-electron chi connectivity index (χ3n) is 7.21. The van der Waals surface area contributed by atoms with Crippen molar-refractivity contribution in [1.82, 2.24) is 9.88 Å². The van der Waals surface area contributed by atoms with E-state index in [9.17, 15) is 9.90 Å². The number of H-pyrrole nitrogens is 1. The molecule has 2 aliphatic heterocycles. The maximum Gasteiger partial charge on any atom is 0.227 e. The van der Waals surface area contributed by atoms with Crippen LogP contribution < -0.4 is 0 Å². The number of aryl methyl sites for hydroxylation is 1. The molecule has 0 radical (unpaired) electrons. The first-order chi connectivity index (χ1) is 14.1. The van der Waals surface area contributed by atoms with Gasteiger partial charge in [-0.2, -0.15) is 0 Å². The summed E-state index contributed by atoms with van der Waals surface area (Å²) in [6, 6.07) is 19.0. The number of aliphatic hydroxyl groups excluding tert-OH is 1. The average Bonchev–Trinajstić information content (AvgIpc) is 3.39. The number of carbonyl (C=O) groups excluding carboxylic acids is 1. The lowest BCUT2D eigenvalue weighted by atomic mass is 9.70. The zero-order valence-electron chi connectivity index (χ0n) is 16.9. The molecule has 0 aliphatic carbocycles. The molecule has 0 spiro atoms. The van der Waals surface area contributed by atoms with Crippen molar-refractivity contribution in [2.24, 2.45) is 5.41 Å². The lowest BCUT2D eigenvalue weighted by molar-refractivity contribution is -0.132. The fourth-order valence-corrected chi connectivity index (χ4v) is 5.89. The van der Waals surface area contributed by atoms with E-state index in [1.54, 1.807) is 0 Å². The molecule has 1 amide bonds. The monoisotopic (exact) mass is 388 g/mol. The summed E-state index contributed by atoms with van der Waals surface area (Å²) >= 11 is 0. The van der Waals surface area contributed by atoms with Crippen LogP contribution in [0.5, 0.6) is 0 Å². The molecule has 3 atom stereocenters. The van der Waals surface area contributed by atoms with Crippen LogP contribution >= 0.6 is 0 Å². The highest BCUT2D eigenvalue weighted by molar-refractivity contribution is 5.90. The molecule has 4 heteroatoms. The number of para-hydroxylation sites is 1. The maximum absolute atomic E-state index is 13.5. The van der Waals surface area contributed by atoms with Crippen LogP contribution in [0.3, 0.4) is 0 Å². The van der Waals surface area contributed by atoms with E-state index in [2.05, 4.69) is 53.2 Å². The molecule has 0 unspecified atom stereocenters. The molecule has 2 fully saturated rings. The minimum atomic E-state index is -0.213. The van der Waals surface area contributed by atoms with Gasteiger partial charge in [-0.25, -0.2) is 0 Å². The van der Waals surface area contributed by atoms with Crippen molar-refractivity contribution in [1.29, 1.82) is 0 Å². The molecule has 29 heavy (non-hydrogen) atoms. The molecule has 2 saturated heterocycles. The van der Waals surface area contributed by atoms with Gasteiger partial charge in [0.2, 0.25) is 5.91 Å². The molecule has 2 aliphatic rings. The van der Waals surface area contributed by atoms with Gasteiger partial charge < -0.3 is 15.0 Å². The Balaban J connectivity index is 1.41. The highest BCUT2D eigenvalue weighted by atomic mass is 16.3. The Morgan fingerprint density at radius 2 is 1.90 bits per heavy atom. The second kappa shape index (κ2) is 7.03. The van der Waals surface area contributed by atoms with Gasteiger partial charge in [-0.15, -0.1) is 0 Å². The van der Waals surface area contributed by atoms with E-state index in [4.69, 9.17) is 0 Å². The number of hydrogen-bond donors (Lipinski definition) is 2. The van der Waals surface area contributed by atoms with E-state index >= 15 is 0 Å². The van der Waals surface area contributed by atoms with Crippen LogP contribution in [0.4, 0.5) is 0 Å². The van der Waals surface area contributed by atoms with Gasteiger partial charge in [0.15, 0.2) is 0 Å². The predicted molar refractivity (Wildman–Crippen MR) is 115 cm³/mol. The normalized spacial score (nSPS) is 25.8. The number of aromatic nitrogens is 1. The highest BCUT2D eigenvalue weighted by Crippen LogP contribution is 2.51. The maximum atomic E-state index is 13.5. The molecule has 3 heterocycles. The van der Waals surface area contributed by atoms with Crippen molar-refractivity contribution in [3.05, 3.63) is 71.4 Å². The number of aromatic amines is 1. The Morgan fingerprint density at radius 3 is 2.69 bits per heavy atom. The van der Waals surface area contributed by atoms with E-state index in [1.807, 2.05) is 18.2 Å². The summed E-state index contributed by atoms with van der Waals surface area (Å²) in [5.41, 5.74) is 4.30. The van der Waals surface area contributed by atoms with E-state index in [-0.39, 0.29) is 30.0 Å². The molecule has 2 N–H and O–H groups in total. The van der Waals surface area contributed by atoms with Gasteiger partial charge in [0.25, 0.3) is 0 Å². The first-order valence-corrected chi connectivity index (χ1v) is 10.6. The van der Waals surface area contributed by atoms with Crippen LogP contribution in [0, 0.1) is 12.3 Å². The van der Waals surface area contributed by atoms with Crippen molar-refractivity contribution in [2.45, 2.75) is 51.1 Å². The third-order valence-corrected chi connectivity index (χ3v) is 7.21. The molecule has 2 aromatic carbocycles. The quantitative estimate of drug-likeness (QED) is 0.694. The number of hydrogen-bond acceptors (Lipinski definition) is 2. The van der Waals surface area contributed by atoms with Crippen LogP contribution in [-0.2, 0) is 17.6 Å². The molecule has 5 rings (SSSR count). The summed E-state index contributed by atoms with van der Waals surface area (Å²) in [4.78, 5) is 19.0. The number of rotatable bonds is 5. The molecular formula is C25H28N2O2. The van der Waals surface area contributed by atoms with Gasteiger partial charge >= 0.3 is 0 Å². The van der Waals surface area contributed by atoms with Crippen LogP contribution in [0.2, 0.25) is 0 Å². The van der Waals surface area contributed by atoms with E-state index in [1.165, 1.54) is 5.56 Å². The van der Waals surface area contributed by atoms with Crippen LogP contribution in [-0.4, -0.2) is 39.6 Å². The first kappa shape index (κ1) is 18.4. The third kappa shape index (κ3) is 2.98. The molecule has 4 nitrogen and oxygen atoms in total. The zero-order chi connectivity index (χ0) is 20.0. The number of nitrogens with one attached hydrogen (secondary N) is 1. The van der Waals surface area contributed by atoms with Crippen LogP contribution in [0.25, 0.3) is 10.9 Å². The molecular weight excluding hydrogens is 360 g/mol. The Labute approximate surface area is 171 Å². The van der Waals surface area contributed by atoms with Crippen molar-refractivity contribution < 1.29 is 9.90 Å². The number of amides is 1. The summed E-state index contributed by atoms with van der Waals surface area (Å²) in [7, 11) is 0. The van der Waals surface area contributed by atoms with E-state index < -0.39 is 0 Å². The predicted octanol–water partition coefficient (Wildman–Crippen LogP) is 4.00. The Bertz CT molecular complexity index is 1040. The van der Waals surface area contributed by atoms with Crippen LogP contribution in [0.1, 0.15) is 36.1 Å². The van der Waals surface area contributed by atoms with Crippen molar-refractivity contribution in [3.63, 3.8) is 0 Å². The molecule has 2 bridgehead atoms. The lowest BCUT2D eigenvalue weighted by Crippen LogP contribution is -2.44. The van der Waals surface area contributed by atoms with Crippen LogP contribution in [0.15, 0.2) is 54.6 Å². The summed E-state index contributed by atoms with van der Waals surface area (Å²) < 4.78 is 0. The first-order valence-electron chi connectivity index (χ1n) is 10.6. The second-order valence-electron chi connectivity index (χ2n) is 8.89. The average molecular weight is 389 g/mol. The Morgan fingerprint density at radius 1 is 1.14 bits per heavy atom. The van der Waals surface area contributed by atoms with Crippen molar-refractivity contribution in [3.8, 4) is 0 Å². The van der Waals surface area contributed by atoms with Gasteiger partial charge in [-0.1, -0.05) is 48.5 Å². The van der Waals surface area contributed by atoms with Gasteiger partial charge in [0, 0.05) is 34.1 Å². The topological polar surface area (TPSA) is 56.3 Å². The van der Waals surface area contributed by atoms with Gasteiger partial charge in [-0.05, 0) is 49.8 Å². The number of carbonyl (C=O) groups is 1. The van der Waals surface area contributed by atoms with Crippen molar-refractivity contribution in [2.75, 3.05) is 6.61 Å². The van der Waals surface area contributed by atoms with E-state index in [0.717, 1.165) is 47.8 Å². The van der Waals surface area contributed by atoms with Gasteiger partial charge in [0.1, 0.15) is 0 Å². The molecule has 150 valence electrons. The van der Waals surface area contributed by atoms with Gasteiger partial charge in [-0.3, -0.25) is 4.79 Å². The largest absolute Gasteiger partial charge is 0.396 e. The van der Waals surface area contributed by atoms with Gasteiger partial charge in [0.05, 0.1) is 13.0 Å². The van der Waals surface area contributed by atoms with E-state index in [0.29, 0.717) is 6.42 Å². The number of fused-ring (bicyclic) bond motifs is 3. The number of aliphatic hydroxyl groups is 1. The summed E-state index contributed by atoms with van der Waals surface area (Å²) in [5, 5.41) is 11.5. The fraction of sp³-hybridized carbons (Fsp3) is 0.400. The second-order valence-corrected chi connectivity index (χ2v) is 8.89. The Hall–Kier alpha value is -2.59. The summed E-state index contributed by atoms with van der Waals surface area (Å²) in [5.74, 6) is 0.203. The number of benzene rings is 2. The highest BCUT2D eigenvalue weighted by Gasteiger charge is 2.56. The minimum Gasteiger partial charge on any atom is -0.396 e. The summed E-state index contributed by atoms with van der Waals surface area (Å²) in [6.07, 6.45) is 4.22. The minimum absolute atomic E-state index is 0.135. The Kier molecular flexibility index (Phi) is 4.47. The molecule has 3 aromatic rings. The number of nitrogens with zero attached hydrogens (tertiary/aromatic N) is 1. The fourth-order valence-electron chi connectivity index (χ4n) is 5.89. The SMILES string of the molecule is Cc1[nH]c2ccccc2c1CC(=O)N1[C@H]2CC[C@@H]1[C@@](CO)(Cc1ccccc1)C2. The molecule has 0 saturated carbocycles. The standard InChI is InChI=1S/C25H28N2O2/c1-17-21(20-9-5-6-10-22(20)26-17)13-24(29)27-19-11-12-23(27)25(15-19,16-28)14-18-7-3-2-4-8-18/h2-10,19,23,26,28H,11-16H2,1H3/t19-,23+,25-/m0/s1. The zero-order valence-corrected chi connectivity index (χ0v) is 16.9. The summed E-state index contributed by atoms with van der Waals surface area (Å²) in [6.45, 7) is 2.19. The molecule has 1 aromatic heterocycles. The smallest absolute Gasteiger partial charge is 0.227 e.